The van der Waals surface area contributed by atoms with Crippen LogP contribution in [-0.2, 0) is 6.54 Å². The summed E-state index contributed by atoms with van der Waals surface area (Å²) in [5.41, 5.74) is 2.27. The quantitative estimate of drug-likeness (QED) is 0.476. The van der Waals surface area contributed by atoms with E-state index in [1.807, 2.05) is 24.3 Å². The highest BCUT2D eigenvalue weighted by atomic mass is 32.1. The van der Waals surface area contributed by atoms with Gasteiger partial charge in [0.15, 0.2) is 5.01 Å². The summed E-state index contributed by atoms with van der Waals surface area (Å²) in [4.78, 5) is 19.4. The molecule has 2 heterocycles. The molecule has 0 spiro atoms. The third-order valence-corrected chi connectivity index (χ3v) is 5.96. The third-order valence-electron chi connectivity index (χ3n) is 4.91. The first-order valence-electron chi connectivity index (χ1n) is 9.12. The van der Waals surface area contributed by atoms with Crippen LogP contribution in [0.2, 0.25) is 0 Å². The first-order chi connectivity index (χ1) is 12.8. The second-order valence-corrected chi connectivity index (χ2v) is 7.84. The highest BCUT2D eigenvalue weighted by Crippen LogP contribution is 2.23. The number of piperidine rings is 1. The fourth-order valence-electron chi connectivity index (χ4n) is 3.42. The highest BCUT2D eigenvalue weighted by molar-refractivity contribution is 7.20. The van der Waals surface area contributed by atoms with Crippen LogP contribution in [0.5, 0.6) is 0 Å². The Morgan fingerprint density at radius 3 is 2.58 bits per heavy atom. The molecule has 0 N–H and O–H groups in total. The maximum Gasteiger partial charge on any atom is 0.214 e. The molecule has 4 rings (SSSR count). The number of ketones is 1. The molecule has 3 nitrogen and oxygen atoms in total. The molecule has 1 aliphatic rings. The van der Waals surface area contributed by atoms with Crippen molar-refractivity contribution in [3.8, 4) is 0 Å². The van der Waals surface area contributed by atoms with Gasteiger partial charge in [0.05, 0.1) is 10.2 Å². The molecule has 1 saturated heterocycles. The molecule has 3 aromatic rings. The van der Waals surface area contributed by atoms with Gasteiger partial charge in [0.1, 0.15) is 0 Å². The topological polar surface area (TPSA) is 33.2 Å². The van der Waals surface area contributed by atoms with Gasteiger partial charge in [0.25, 0.3) is 0 Å². The lowest BCUT2D eigenvalue weighted by Crippen LogP contribution is -2.32. The van der Waals surface area contributed by atoms with Crippen LogP contribution >= 0.6 is 11.3 Å². The predicted octanol–water partition coefficient (Wildman–Crippen LogP) is 4.95. The maximum atomic E-state index is 12.4. The Balaban J connectivity index is 1.31. The molecule has 26 heavy (non-hydrogen) atoms. The van der Waals surface area contributed by atoms with Crippen molar-refractivity contribution in [1.82, 2.24) is 9.88 Å². The van der Waals surface area contributed by atoms with Crippen LogP contribution in [-0.4, -0.2) is 28.8 Å². The van der Waals surface area contributed by atoms with Crippen LogP contribution in [0.15, 0.2) is 66.7 Å². The van der Waals surface area contributed by atoms with E-state index in [9.17, 15) is 4.79 Å². The van der Waals surface area contributed by atoms with Crippen LogP contribution in [0.3, 0.4) is 0 Å². The van der Waals surface area contributed by atoms with Gasteiger partial charge < -0.3 is 0 Å². The molecule has 0 bridgehead atoms. The normalized spacial score (nSPS) is 16.5. The Labute approximate surface area is 158 Å². The summed E-state index contributed by atoms with van der Waals surface area (Å²) in [5.74, 6) is 0.512. The first-order valence-corrected chi connectivity index (χ1v) is 9.94. The molecule has 132 valence electrons. The zero-order valence-electron chi connectivity index (χ0n) is 14.7. The van der Waals surface area contributed by atoms with Gasteiger partial charge >= 0.3 is 0 Å². The van der Waals surface area contributed by atoms with Crippen molar-refractivity contribution in [2.24, 2.45) is 5.92 Å². The fraction of sp³-hybridized carbons (Fsp3) is 0.273. The summed E-state index contributed by atoms with van der Waals surface area (Å²) in [6, 6.07) is 18.5. The van der Waals surface area contributed by atoms with E-state index >= 15 is 0 Å². The summed E-state index contributed by atoms with van der Waals surface area (Å²) >= 11 is 1.47. The Bertz CT molecular complexity index is 875. The van der Waals surface area contributed by atoms with Gasteiger partial charge in [-0.05, 0) is 55.6 Å². The monoisotopic (exact) mass is 362 g/mol. The minimum absolute atomic E-state index is 0.0258. The number of nitrogens with zero attached hydrogens (tertiary/aromatic N) is 2. The van der Waals surface area contributed by atoms with Gasteiger partial charge in [0.2, 0.25) is 5.78 Å². The summed E-state index contributed by atoms with van der Waals surface area (Å²) in [5, 5.41) is 0.587. The lowest BCUT2D eigenvalue weighted by Gasteiger charge is -2.30. The van der Waals surface area contributed by atoms with Gasteiger partial charge in [-0.2, -0.15) is 0 Å². The number of fused-ring (bicyclic) bond motifs is 1. The van der Waals surface area contributed by atoms with E-state index in [1.54, 1.807) is 6.08 Å². The second kappa shape index (κ2) is 7.94. The van der Waals surface area contributed by atoms with Gasteiger partial charge in [0, 0.05) is 6.54 Å². The molecular weight excluding hydrogens is 340 g/mol. The standard InChI is InChI=1S/C22H22N2OS/c25-20(22-23-19-8-4-5-9-21(19)26-22)11-10-17-12-14-24(15-13-17)16-18-6-2-1-3-7-18/h1-11,17H,12-16H2/b11-10+. The van der Waals surface area contributed by atoms with Crippen molar-refractivity contribution in [2.45, 2.75) is 19.4 Å². The minimum atomic E-state index is 0.0258. The molecule has 0 amide bonds. The number of allylic oxidation sites excluding steroid dienone is 2. The van der Waals surface area contributed by atoms with E-state index in [0.717, 1.165) is 42.7 Å². The van der Waals surface area contributed by atoms with Gasteiger partial charge in [-0.25, -0.2) is 4.98 Å². The Kier molecular flexibility index (Phi) is 5.23. The van der Waals surface area contributed by atoms with E-state index in [0.29, 0.717) is 10.9 Å². The number of thiazole rings is 1. The summed E-state index contributed by atoms with van der Waals surface area (Å²) < 4.78 is 1.07. The second-order valence-electron chi connectivity index (χ2n) is 6.81. The number of hydrogen-bond acceptors (Lipinski definition) is 4. The molecule has 1 fully saturated rings. The molecule has 0 aliphatic carbocycles. The summed E-state index contributed by atoms with van der Waals surface area (Å²) in [7, 11) is 0. The van der Waals surface area contributed by atoms with E-state index in [1.165, 1.54) is 16.9 Å². The predicted molar refractivity (Wildman–Crippen MR) is 108 cm³/mol. The SMILES string of the molecule is O=C(/C=C/C1CCN(Cc2ccccc2)CC1)c1nc2ccccc2s1. The number of carbonyl (C=O) groups is 1. The molecule has 0 unspecified atom stereocenters. The van der Waals surface area contributed by atoms with E-state index in [2.05, 4.69) is 46.3 Å². The van der Waals surface area contributed by atoms with Crippen LogP contribution in [0.25, 0.3) is 10.2 Å². The van der Waals surface area contributed by atoms with Crippen molar-refractivity contribution >= 4 is 27.3 Å². The van der Waals surface area contributed by atoms with Crippen molar-refractivity contribution < 1.29 is 4.79 Å². The summed E-state index contributed by atoms with van der Waals surface area (Å²) in [6.07, 6.45) is 6.04. The maximum absolute atomic E-state index is 12.4. The zero-order chi connectivity index (χ0) is 17.8. The summed E-state index contributed by atoms with van der Waals surface area (Å²) in [6.45, 7) is 3.18. The molecule has 4 heteroatoms. The number of para-hydroxylation sites is 1. The molecule has 0 saturated carbocycles. The van der Waals surface area contributed by atoms with Crippen molar-refractivity contribution in [2.75, 3.05) is 13.1 Å². The van der Waals surface area contributed by atoms with E-state index in [-0.39, 0.29) is 5.78 Å². The van der Waals surface area contributed by atoms with Gasteiger partial charge in [-0.15, -0.1) is 11.3 Å². The lowest BCUT2D eigenvalue weighted by molar-refractivity contribution is 0.104. The van der Waals surface area contributed by atoms with Crippen LogP contribution in [0, 0.1) is 5.92 Å². The molecule has 1 aliphatic heterocycles. The number of aromatic nitrogens is 1. The van der Waals surface area contributed by atoms with Crippen LogP contribution in [0.1, 0.15) is 28.2 Å². The number of likely N-dealkylation sites (tertiary alicyclic amines) is 1. The third kappa shape index (κ3) is 4.09. The van der Waals surface area contributed by atoms with Crippen LogP contribution in [0.4, 0.5) is 0 Å². The van der Waals surface area contributed by atoms with Crippen molar-refractivity contribution in [3.63, 3.8) is 0 Å². The Hall–Kier alpha value is -2.30. The molecule has 2 aromatic carbocycles. The molecule has 1 aromatic heterocycles. The average molecular weight is 362 g/mol. The molecular formula is C22H22N2OS. The Morgan fingerprint density at radius 2 is 1.81 bits per heavy atom. The van der Waals surface area contributed by atoms with E-state index in [4.69, 9.17) is 0 Å². The number of benzene rings is 2. The average Bonchev–Trinajstić information content (AvgIpc) is 3.12. The number of carbonyl (C=O) groups excluding carboxylic acids is 1. The number of rotatable bonds is 5. The fourth-order valence-corrected chi connectivity index (χ4v) is 4.30. The lowest BCUT2D eigenvalue weighted by atomic mass is 9.95. The van der Waals surface area contributed by atoms with Crippen molar-refractivity contribution in [3.05, 3.63) is 77.3 Å². The Morgan fingerprint density at radius 1 is 1.08 bits per heavy atom. The largest absolute Gasteiger partial charge is 0.299 e. The highest BCUT2D eigenvalue weighted by Gasteiger charge is 2.18. The first kappa shape index (κ1) is 17.1. The van der Waals surface area contributed by atoms with Gasteiger partial charge in [-0.1, -0.05) is 48.5 Å². The van der Waals surface area contributed by atoms with E-state index < -0.39 is 0 Å². The molecule has 0 radical (unpaired) electrons. The van der Waals surface area contributed by atoms with Crippen LogP contribution < -0.4 is 0 Å². The minimum Gasteiger partial charge on any atom is -0.299 e. The number of hydrogen-bond donors (Lipinski definition) is 0. The van der Waals surface area contributed by atoms with Gasteiger partial charge in [-0.3, -0.25) is 9.69 Å². The van der Waals surface area contributed by atoms with Crippen molar-refractivity contribution in [1.29, 1.82) is 0 Å². The molecule has 0 atom stereocenters. The zero-order valence-corrected chi connectivity index (χ0v) is 15.5. The smallest absolute Gasteiger partial charge is 0.214 e.